The quantitative estimate of drug-likeness (QED) is 0.839. The van der Waals surface area contributed by atoms with Crippen molar-refractivity contribution in [1.82, 2.24) is 4.31 Å². The maximum absolute atomic E-state index is 13.9. The average Bonchev–Trinajstić information content (AvgIpc) is 2.46. The van der Waals surface area contributed by atoms with Crippen molar-refractivity contribution in [3.8, 4) is 0 Å². The van der Waals surface area contributed by atoms with Crippen LogP contribution in [0.4, 0.5) is 8.78 Å². The van der Waals surface area contributed by atoms with E-state index in [0.717, 1.165) is 50.7 Å². The van der Waals surface area contributed by atoms with E-state index in [1.165, 1.54) is 10.4 Å². The van der Waals surface area contributed by atoms with Gasteiger partial charge in [-0.15, -0.1) is 0 Å². The number of nitrogens with zero attached hydrogens (tertiary/aromatic N) is 1. The van der Waals surface area contributed by atoms with Crippen LogP contribution in [0, 0.1) is 17.6 Å². The average molecular weight is 315 g/mol. The van der Waals surface area contributed by atoms with Crippen molar-refractivity contribution in [3.05, 3.63) is 29.8 Å². The predicted molar refractivity (Wildman–Crippen MR) is 75.2 cm³/mol. The van der Waals surface area contributed by atoms with Crippen molar-refractivity contribution < 1.29 is 17.2 Å². The van der Waals surface area contributed by atoms with E-state index in [2.05, 4.69) is 0 Å². The molecule has 1 saturated heterocycles. The van der Waals surface area contributed by atoms with Crippen LogP contribution in [0.3, 0.4) is 0 Å². The van der Waals surface area contributed by atoms with Crippen LogP contribution in [-0.4, -0.2) is 25.3 Å². The molecule has 0 bridgehead atoms. The van der Waals surface area contributed by atoms with E-state index in [9.17, 15) is 17.2 Å². The second-order valence-electron chi connectivity index (χ2n) is 5.92. The largest absolute Gasteiger partial charge is 0.249 e. The van der Waals surface area contributed by atoms with E-state index in [4.69, 9.17) is 0 Å². The monoisotopic (exact) mass is 315 g/mol. The van der Waals surface area contributed by atoms with Crippen LogP contribution in [0.5, 0.6) is 0 Å². The fourth-order valence-electron chi connectivity index (χ4n) is 3.72. The first-order valence-corrected chi connectivity index (χ1v) is 8.91. The molecule has 0 aromatic heterocycles. The Bertz CT molecular complexity index is 610. The van der Waals surface area contributed by atoms with Gasteiger partial charge < -0.3 is 0 Å². The Balaban J connectivity index is 2.01. The van der Waals surface area contributed by atoms with Crippen LogP contribution in [0.2, 0.25) is 0 Å². The smallest absolute Gasteiger partial charge is 0.207 e. The molecule has 2 aliphatic rings. The second kappa shape index (κ2) is 5.65. The van der Waals surface area contributed by atoms with Gasteiger partial charge in [-0.1, -0.05) is 18.9 Å². The molecule has 21 heavy (non-hydrogen) atoms. The molecule has 2 fully saturated rings. The van der Waals surface area contributed by atoms with Gasteiger partial charge in [0.2, 0.25) is 10.0 Å². The van der Waals surface area contributed by atoms with Gasteiger partial charge in [0.15, 0.2) is 4.90 Å². The van der Waals surface area contributed by atoms with Gasteiger partial charge in [-0.3, -0.25) is 0 Å². The molecule has 1 heterocycles. The minimum absolute atomic E-state index is 0.100. The lowest BCUT2D eigenvalue weighted by Crippen LogP contribution is -2.49. The molecule has 2 atom stereocenters. The first kappa shape index (κ1) is 14.9. The summed E-state index contributed by atoms with van der Waals surface area (Å²) in [5.74, 6) is -1.68. The van der Waals surface area contributed by atoms with Crippen molar-refractivity contribution in [1.29, 1.82) is 0 Å². The second-order valence-corrected chi connectivity index (χ2v) is 7.75. The number of halogens is 2. The van der Waals surface area contributed by atoms with Gasteiger partial charge in [-0.05, 0) is 43.7 Å². The van der Waals surface area contributed by atoms with Gasteiger partial charge in [0.1, 0.15) is 11.6 Å². The summed E-state index contributed by atoms with van der Waals surface area (Å²) in [6, 6.07) is 3.08. The number of sulfonamides is 1. The third-order valence-electron chi connectivity index (χ3n) is 4.68. The van der Waals surface area contributed by atoms with E-state index >= 15 is 0 Å². The highest BCUT2D eigenvalue weighted by Crippen LogP contribution is 2.38. The molecule has 0 N–H and O–H groups in total. The van der Waals surface area contributed by atoms with Crippen LogP contribution in [-0.2, 0) is 10.0 Å². The molecular formula is C15H19F2NO2S. The van der Waals surface area contributed by atoms with Crippen molar-refractivity contribution in [2.24, 2.45) is 5.92 Å². The predicted octanol–water partition coefficient (Wildman–Crippen LogP) is 3.31. The molecule has 1 saturated carbocycles. The number of piperidine rings is 1. The zero-order valence-electron chi connectivity index (χ0n) is 11.8. The highest BCUT2D eigenvalue weighted by Gasteiger charge is 2.41. The first-order valence-electron chi connectivity index (χ1n) is 7.47. The summed E-state index contributed by atoms with van der Waals surface area (Å²) in [5.41, 5.74) is 0. The van der Waals surface area contributed by atoms with Gasteiger partial charge in [0.05, 0.1) is 0 Å². The topological polar surface area (TPSA) is 37.4 Å². The number of hydrogen-bond acceptors (Lipinski definition) is 2. The molecule has 3 nitrogen and oxygen atoms in total. The lowest BCUT2D eigenvalue weighted by Gasteiger charge is -2.43. The fourth-order valence-corrected chi connectivity index (χ4v) is 5.59. The normalized spacial score (nSPS) is 27.3. The standard InChI is InChI=1S/C15H19F2NO2S/c16-12-7-3-8-13(17)15(12)21(19,20)18-10-4-6-11-5-1-2-9-14(11)18/h3,7-8,11,14H,1-2,4-6,9-10H2/t11-,14-/m0/s1. The lowest BCUT2D eigenvalue weighted by molar-refractivity contribution is 0.128. The number of hydrogen-bond donors (Lipinski definition) is 0. The SMILES string of the molecule is O=S(=O)(c1c(F)cccc1F)N1CCC[C@@H]2CCCC[C@@H]21. The molecule has 1 aliphatic heterocycles. The summed E-state index contributed by atoms with van der Waals surface area (Å²) in [6.45, 7) is 0.358. The molecule has 0 spiro atoms. The Morgan fingerprint density at radius 1 is 1.00 bits per heavy atom. The van der Waals surface area contributed by atoms with Crippen LogP contribution < -0.4 is 0 Å². The molecule has 0 amide bonds. The van der Waals surface area contributed by atoms with Gasteiger partial charge in [0.25, 0.3) is 0 Å². The summed E-state index contributed by atoms with van der Waals surface area (Å²) < 4.78 is 54.6. The molecule has 0 radical (unpaired) electrons. The van der Waals surface area contributed by atoms with Gasteiger partial charge in [0, 0.05) is 12.6 Å². The van der Waals surface area contributed by atoms with Crippen molar-refractivity contribution in [2.75, 3.05) is 6.54 Å². The van der Waals surface area contributed by atoms with E-state index < -0.39 is 26.6 Å². The van der Waals surface area contributed by atoms with Crippen LogP contribution >= 0.6 is 0 Å². The molecule has 1 aromatic rings. The number of benzene rings is 1. The van der Waals surface area contributed by atoms with Gasteiger partial charge in [-0.25, -0.2) is 17.2 Å². The third-order valence-corrected chi connectivity index (χ3v) is 6.65. The van der Waals surface area contributed by atoms with Crippen LogP contribution in [0.25, 0.3) is 0 Å². The highest BCUT2D eigenvalue weighted by atomic mass is 32.2. The summed E-state index contributed by atoms with van der Waals surface area (Å²) >= 11 is 0. The maximum Gasteiger partial charge on any atom is 0.249 e. The van der Waals surface area contributed by atoms with Crippen molar-refractivity contribution in [3.63, 3.8) is 0 Å². The van der Waals surface area contributed by atoms with Gasteiger partial charge in [-0.2, -0.15) is 4.31 Å². The molecule has 6 heteroatoms. The molecule has 116 valence electrons. The molecule has 1 aliphatic carbocycles. The van der Waals surface area contributed by atoms with E-state index in [1.54, 1.807) is 0 Å². The molecule has 3 rings (SSSR count). The molecule has 0 unspecified atom stereocenters. The van der Waals surface area contributed by atoms with Crippen LogP contribution in [0.1, 0.15) is 38.5 Å². The van der Waals surface area contributed by atoms with Gasteiger partial charge >= 0.3 is 0 Å². The first-order chi connectivity index (χ1) is 10.0. The Morgan fingerprint density at radius 3 is 2.33 bits per heavy atom. The maximum atomic E-state index is 13.9. The van der Waals surface area contributed by atoms with E-state index in [1.807, 2.05) is 0 Å². The van der Waals surface area contributed by atoms with Crippen LogP contribution in [0.15, 0.2) is 23.1 Å². The minimum Gasteiger partial charge on any atom is -0.207 e. The molecular weight excluding hydrogens is 296 g/mol. The lowest BCUT2D eigenvalue weighted by atomic mass is 9.79. The van der Waals surface area contributed by atoms with Crippen molar-refractivity contribution >= 4 is 10.0 Å². The van der Waals surface area contributed by atoms with Crippen molar-refractivity contribution in [2.45, 2.75) is 49.5 Å². The fraction of sp³-hybridized carbons (Fsp3) is 0.600. The summed E-state index contributed by atoms with van der Waals surface area (Å²) in [4.78, 5) is -0.795. The summed E-state index contributed by atoms with van der Waals surface area (Å²) in [6.07, 6.45) is 5.67. The highest BCUT2D eigenvalue weighted by molar-refractivity contribution is 7.89. The molecule has 1 aromatic carbocycles. The Labute approximate surface area is 124 Å². The Hall–Kier alpha value is -1.01. The Kier molecular flexibility index (Phi) is 4.01. The number of rotatable bonds is 2. The van der Waals surface area contributed by atoms with E-state index in [0.29, 0.717) is 12.5 Å². The third kappa shape index (κ3) is 2.59. The Morgan fingerprint density at radius 2 is 1.62 bits per heavy atom. The minimum atomic E-state index is -4.11. The summed E-state index contributed by atoms with van der Waals surface area (Å²) in [5, 5.41) is 0. The summed E-state index contributed by atoms with van der Waals surface area (Å²) in [7, 11) is -4.11. The van der Waals surface area contributed by atoms with E-state index in [-0.39, 0.29) is 6.04 Å². The number of fused-ring (bicyclic) bond motifs is 1. The zero-order valence-corrected chi connectivity index (χ0v) is 12.6. The zero-order chi connectivity index (χ0) is 15.0.